The van der Waals surface area contributed by atoms with Crippen LogP contribution in [0.1, 0.15) is 18.4 Å². The largest absolute Gasteiger partial charge is 0.497 e. The molecule has 1 saturated heterocycles. The van der Waals surface area contributed by atoms with Crippen molar-refractivity contribution in [2.75, 3.05) is 24.9 Å². The van der Waals surface area contributed by atoms with Crippen molar-refractivity contribution in [2.45, 2.75) is 24.2 Å². The molecule has 3 rings (SSSR count). The predicted octanol–water partition coefficient (Wildman–Crippen LogP) is 2.66. The fourth-order valence-corrected chi connectivity index (χ4v) is 3.99. The Hall–Kier alpha value is -2.54. The summed E-state index contributed by atoms with van der Waals surface area (Å²) in [5.74, 6) is 0.781. The molecule has 0 unspecified atom stereocenters. The number of hydrogen-bond acceptors (Lipinski definition) is 4. The van der Waals surface area contributed by atoms with E-state index in [1.165, 1.54) is 7.11 Å². The number of ether oxygens (including phenoxy) is 1. The summed E-state index contributed by atoms with van der Waals surface area (Å²) in [6, 6.07) is 13.5. The van der Waals surface area contributed by atoms with Crippen LogP contribution in [-0.4, -0.2) is 39.4 Å². The van der Waals surface area contributed by atoms with Gasteiger partial charge < -0.3 is 9.64 Å². The van der Waals surface area contributed by atoms with Gasteiger partial charge in [-0.3, -0.25) is 9.52 Å². The Bertz CT molecular complexity index is 879. The Morgan fingerprint density at radius 2 is 1.92 bits per heavy atom. The molecule has 1 fully saturated rings. The number of benzene rings is 2. The molecule has 26 heavy (non-hydrogen) atoms. The second-order valence-electron chi connectivity index (χ2n) is 6.22. The minimum absolute atomic E-state index is 0.196. The zero-order chi connectivity index (χ0) is 18.6. The number of rotatable bonds is 7. The molecule has 2 aromatic rings. The third kappa shape index (κ3) is 4.35. The summed E-state index contributed by atoms with van der Waals surface area (Å²) in [4.78, 5) is 13.7. The molecule has 6 nitrogen and oxygen atoms in total. The van der Waals surface area contributed by atoms with Gasteiger partial charge in [-0.2, -0.15) is 0 Å². The maximum absolute atomic E-state index is 12.5. The number of likely N-dealkylation sites (tertiary alicyclic amines) is 1. The van der Waals surface area contributed by atoms with Gasteiger partial charge in [0.2, 0.25) is 5.91 Å². The standard InChI is InChI=1S/C19H22N2O4S/c1-25-17-5-2-4-16(14-17)20-26(23,24)18-9-7-15(8-10-18)11-13-21-12-3-6-19(21)22/h2,4-5,7-10,14,20H,3,6,11-13H2,1H3. The molecule has 1 N–H and O–H groups in total. The lowest BCUT2D eigenvalue weighted by Gasteiger charge is -2.15. The molecule has 1 aliphatic heterocycles. The first-order chi connectivity index (χ1) is 12.5. The topological polar surface area (TPSA) is 75.7 Å². The van der Waals surface area contributed by atoms with E-state index in [1.54, 1.807) is 48.5 Å². The molecule has 1 aliphatic rings. The summed E-state index contributed by atoms with van der Waals surface area (Å²) < 4.78 is 32.7. The van der Waals surface area contributed by atoms with E-state index in [0.29, 0.717) is 24.4 Å². The normalized spacial score (nSPS) is 14.5. The highest BCUT2D eigenvalue weighted by atomic mass is 32.2. The summed E-state index contributed by atoms with van der Waals surface area (Å²) in [5, 5.41) is 0. The quantitative estimate of drug-likeness (QED) is 0.808. The number of carbonyl (C=O) groups excluding carboxylic acids is 1. The summed E-state index contributed by atoms with van der Waals surface area (Å²) in [6.07, 6.45) is 2.27. The zero-order valence-corrected chi connectivity index (χ0v) is 15.5. The molecule has 1 amide bonds. The van der Waals surface area contributed by atoms with Crippen LogP contribution in [0.25, 0.3) is 0 Å². The maximum Gasteiger partial charge on any atom is 0.261 e. The van der Waals surface area contributed by atoms with E-state index in [4.69, 9.17) is 4.74 Å². The third-order valence-electron chi connectivity index (χ3n) is 4.40. The van der Waals surface area contributed by atoms with Gasteiger partial charge in [0.15, 0.2) is 0 Å². The third-order valence-corrected chi connectivity index (χ3v) is 5.79. The first kappa shape index (κ1) is 18.3. The number of methoxy groups -OCH3 is 1. The van der Waals surface area contributed by atoms with Crippen LogP contribution in [0, 0.1) is 0 Å². The van der Waals surface area contributed by atoms with Crippen molar-refractivity contribution in [3.05, 3.63) is 54.1 Å². The predicted molar refractivity (Wildman–Crippen MR) is 99.8 cm³/mol. The van der Waals surface area contributed by atoms with Gasteiger partial charge in [0.1, 0.15) is 5.75 Å². The number of nitrogens with one attached hydrogen (secondary N) is 1. The molecule has 0 bridgehead atoms. The van der Waals surface area contributed by atoms with Crippen LogP contribution in [0.3, 0.4) is 0 Å². The summed E-state index contributed by atoms with van der Waals surface area (Å²) in [7, 11) is -2.13. The van der Waals surface area contributed by atoms with Gasteiger partial charge >= 0.3 is 0 Å². The highest BCUT2D eigenvalue weighted by Crippen LogP contribution is 2.21. The van der Waals surface area contributed by atoms with Crippen LogP contribution in [0.15, 0.2) is 53.4 Å². The van der Waals surface area contributed by atoms with E-state index < -0.39 is 10.0 Å². The van der Waals surface area contributed by atoms with Gasteiger partial charge in [-0.15, -0.1) is 0 Å². The second-order valence-corrected chi connectivity index (χ2v) is 7.90. The van der Waals surface area contributed by atoms with Gasteiger partial charge in [-0.25, -0.2) is 8.42 Å². The van der Waals surface area contributed by atoms with Gasteiger partial charge in [0.25, 0.3) is 10.0 Å². The van der Waals surface area contributed by atoms with Gasteiger partial charge in [0, 0.05) is 25.6 Å². The molecule has 7 heteroatoms. The van der Waals surface area contributed by atoms with Gasteiger partial charge in [-0.05, 0) is 42.7 Å². The van der Waals surface area contributed by atoms with Crippen LogP contribution >= 0.6 is 0 Å². The Morgan fingerprint density at radius 3 is 2.58 bits per heavy atom. The molecular weight excluding hydrogens is 352 g/mol. The van der Waals surface area contributed by atoms with Crippen LogP contribution in [-0.2, 0) is 21.2 Å². The molecular formula is C19H22N2O4S. The molecule has 0 spiro atoms. The highest BCUT2D eigenvalue weighted by Gasteiger charge is 2.19. The Balaban J connectivity index is 1.65. The number of hydrogen-bond donors (Lipinski definition) is 1. The van der Waals surface area contributed by atoms with Crippen molar-refractivity contribution >= 4 is 21.6 Å². The second kappa shape index (κ2) is 7.78. The number of carbonyl (C=O) groups is 1. The SMILES string of the molecule is COc1cccc(NS(=O)(=O)c2ccc(CCN3CCCC3=O)cc2)c1. The van der Waals surface area contributed by atoms with Crippen molar-refractivity contribution < 1.29 is 17.9 Å². The average molecular weight is 374 g/mol. The first-order valence-electron chi connectivity index (χ1n) is 8.51. The number of sulfonamides is 1. The number of nitrogens with zero attached hydrogens (tertiary/aromatic N) is 1. The van der Waals surface area contributed by atoms with Crippen LogP contribution < -0.4 is 9.46 Å². The van der Waals surface area contributed by atoms with E-state index in [0.717, 1.165) is 24.9 Å². The smallest absolute Gasteiger partial charge is 0.261 e. The molecule has 0 aromatic heterocycles. The Kier molecular flexibility index (Phi) is 5.46. The van der Waals surface area contributed by atoms with Crippen LogP contribution in [0.4, 0.5) is 5.69 Å². The molecule has 2 aromatic carbocycles. The molecule has 138 valence electrons. The molecule has 0 aliphatic carbocycles. The molecule has 1 heterocycles. The van der Waals surface area contributed by atoms with E-state index in [-0.39, 0.29) is 10.8 Å². The molecule has 0 saturated carbocycles. The van der Waals surface area contributed by atoms with Crippen molar-refractivity contribution in [2.24, 2.45) is 0 Å². The van der Waals surface area contributed by atoms with Crippen LogP contribution in [0.5, 0.6) is 5.75 Å². The minimum atomic E-state index is -3.66. The maximum atomic E-state index is 12.5. The molecule has 0 atom stereocenters. The van der Waals surface area contributed by atoms with E-state index in [1.807, 2.05) is 4.90 Å². The monoisotopic (exact) mass is 374 g/mol. The van der Waals surface area contributed by atoms with Gasteiger partial charge in [-0.1, -0.05) is 18.2 Å². The lowest BCUT2D eigenvalue weighted by molar-refractivity contribution is -0.127. The van der Waals surface area contributed by atoms with E-state index in [2.05, 4.69) is 4.72 Å². The van der Waals surface area contributed by atoms with Crippen molar-refractivity contribution in [3.63, 3.8) is 0 Å². The average Bonchev–Trinajstić information content (AvgIpc) is 3.05. The fourth-order valence-electron chi connectivity index (χ4n) is 2.94. The number of amides is 1. The van der Waals surface area contributed by atoms with Gasteiger partial charge in [0.05, 0.1) is 17.7 Å². The Morgan fingerprint density at radius 1 is 1.15 bits per heavy atom. The summed E-state index contributed by atoms with van der Waals surface area (Å²) in [6.45, 7) is 1.49. The lowest BCUT2D eigenvalue weighted by atomic mass is 10.1. The first-order valence-corrected chi connectivity index (χ1v) is 10.00. The van der Waals surface area contributed by atoms with Crippen molar-refractivity contribution in [3.8, 4) is 5.75 Å². The van der Waals surface area contributed by atoms with E-state index >= 15 is 0 Å². The zero-order valence-electron chi connectivity index (χ0n) is 14.6. The number of anilines is 1. The highest BCUT2D eigenvalue weighted by molar-refractivity contribution is 7.92. The molecule has 0 radical (unpaired) electrons. The Labute approximate surface area is 153 Å². The van der Waals surface area contributed by atoms with Crippen LogP contribution in [0.2, 0.25) is 0 Å². The minimum Gasteiger partial charge on any atom is -0.497 e. The van der Waals surface area contributed by atoms with Crippen molar-refractivity contribution in [1.82, 2.24) is 4.90 Å². The lowest BCUT2D eigenvalue weighted by Crippen LogP contribution is -2.26. The van der Waals surface area contributed by atoms with Crippen molar-refractivity contribution in [1.29, 1.82) is 0 Å². The fraction of sp³-hybridized carbons (Fsp3) is 0.316. The summed E-state index contributed by atoms with van der Waals surface area (Å²) in [5.41, 5.74) is 1.45. The van der Waals surface area contributed by atoms with E-state index in [9.17, 15) is 13.2 Å². The summed E-state index contributed by atoms with van der Waals surface area (Å²) >= 11 is 0.